The number of carbonyl (C=O) groups is 3. The molecule has 2 N–H and O–H groups in total. The average molecular weight is 319 g/mol. The number of alkyl halides is 3. The van der Waals surface area contributed by atoms with E-state index in [-0.39, 0.29) is 18.7 Å². The number of carboxylic acid groups (broad SMARTS) is 1. The molecule has 0 aliphatic heterocycles. The molecule has 120 valence electrons. The van der Waals surface area contributed by atoms with Gasteiger partial charge < -0.3 is 15.2 Å². The highest BCUT2D eigenvalue weighted by atomic mass is 19.4. The Morgan fingerprint density at radius 3 is 2.23 bits per heavy atom. The lowest BCUT2D eigenvalue weighted by Gasteiger charge is -2.07. The van der Waals surface area contributed by atoms with E-state index in [1.807, 2.05) is 0 Å². The number of hydrogen-bond donors (Lipinski definition) is 2. The molecular weight excluding hydrogens is 307 g/mol. The molecule has 0 unspecified atom stereocenters. The Kier molecular flexibility index (Phi) is 5.90. The molecule has 0 heterocycles. The first kappa shape index (κ1) is 17.5. The Morgan fingerprint density at radius 1 is 1.14 bits per heavy atom. The van der Waals surface area contributed by atoms with Crippen molar-refractivity contribution in [3.8, 4) is 5.75 Å². The highest BCUT2D eigenvalue weighted by Gasteiger charge is 2.39. The summed E-state index contributed by atoms with van der Waals surface area (Å²) in [7, 11) is 0. The number of ketones is 2. The summed E-state index contributed by atoms with van der Waals surface area (Å²) in [6.07, 6.45) is -7.47. The van der Waals surface area contributed by atoms with Crippen molar-refractivity contribution in [3.63, 3.8) is 0 Å². The highest BCUT2D eigenvalue weighted by Crippen LogP contribution is 2.20. The second-order valence-corrected chi connectivity index (χ2v) is 4.13. The van der Waals surface area contributed by atoms with E-state index < -0.39 is 30.3 Å². The van der Waals surface area contributed by atoms with E-state index in [1.165, 1.54) is 24.3 Å². The third kappa shape index (κ3) is 5.81. The number of amides is 1. The molecule has 0 saturated heterocycles. The fourth-order valence-corrected chi connectivity index (χ4v) is 1.41. The fourth-order valence-electron chi connectivity index (χ4n) is 1.41. The zero-order valence-corrected chi connectivity index (χ0v) is 11.1. The molecule has 0 aliphatic carbocycles. The van der Waals surface area contributed by atoms with Crippen LogP contribution < -0.4 is 10.1 Å². The summed E-state index contributed by atoms with van der Waals surface area (Å²) < 4.78 is 41.3. The van der Waals surface area contributed by atoms with E-state index in [4.69, 9.17) is 9.84 Å². The number of nitrogens with one attached hydrogen (secondary N) is 1. The predicted molar refractivity (Wildman–Crippen MR) is 68.0 cm³/mol. The van der Waals surface area contributed by atoms with E-state index in [0.29, 0.717) is 5.75 Å². The Hall–Kier alpha value is -2.58. The molecule has 0 aliphatic rings. The molecule has 6 nitrogen and oxygen atoms in total. The van der Waals surface area contributed by atoms with Crippen molar-refractivity contribution in [2.45, 2.75) is 12.6 Å². The molecular formula is C13H12F3NO5. The second-order valence-electron chi connectivity index (χ2n) is 4.13. The summed E-state index contributed by atoms with van der Waals surface area (Å²) >= 11 is 0. The summed E-state index contributed by atoms with van der Waals surface area (Å²) in [5.74, 6) is -2.73. The number of halogens is 3. The molecule has 0 fully saturated rings. The Morgan fingerprint density at radius 2 is 1.73 bits per heavy atom. The molecule has 1 amide bonds. The molecule has 0 atom stereocenters. The number of rotatable bonds is 7. The third-order valence-electron chi connectivity index (χ3n) is 2.46. The van der Waals surface area contributed by atoms with Gasteiger partial charge in [-0.2, -0.15) is 13.2 Å². The number of hydrogen-bond acceptors (Lipinski definition) is 4. The van der Waals surface area contributed by atoms with Crippen molar-refractivity contribution in [1.29, 1.82) is 0 Å². The lowest BCUT2D eigenvalue weighted by molar-refractivity contribution is -0.170. The van der Waals surface area contributed by atoms with Crippen molar-refractivity contribution >= 4 is 17.7 Å². The molecule has 22 heavy (non-hydrogen) atoms. The van der Waals surface area contributed by atoms with E-state index >= 15 is 0 Å². The van der Waals surface area contributed by atoms with Gasteiger partial charge in [0.05, 0.1) is 13.0 Å². The maximum Gasteiger partial charge on any atom is 0.450 e. The summed E-state index contributed by atoms with van der Waals surface area (Å²) in [5.41, 5.74) is -0.0476. The molecule has 0 bridgehead atoms. The Bertz CT molecular complexity index is 554. The van der Waals surface area contributed by atoms with Gasteiger partial charge in [0.1, 0.15) is 12.4 Å². The summed E-state index contributed by atoms with van der Waals surface area (Å²) in [6, 6.07) is 5.13. The molecule has 0 radical (unpaired) electrons. The maximum absolute atomic E-state index is 12.0. The van der Waals surface area contributed by atoms with E-state index in [1.54, 1.807) is 0 Å². The van der Waals surface area contributed by atoms with E-state index in [0.717, 1.165) is 0 Å². The number of benzene rings is 1. The highest BCUT2D eigenvalue weighted by molar-refractivity contribution is 6.09. The normalized spacial score (nSPS) is 10.9. The summed E-state index contributed by atoms with van der Waals surface area (Å²) in [4.78, 5) is 32.4. The zero-order chi connectivity index (χ0) is 16.8. The molecule has 1 aromatic carbocycles. The number of ether oxygens (including phenoxy) is 1. The molecule has 0 aromatic heterocycles. The van der Waals surface area contributed by atoms with Gasteiger partial charge >= 0.3 is 12.3 Å². The standard InChI is InChI=1S/C13H12F3NO5/c14-13(15,16)11(19)7-10(18)8-1-3-9(4-2-8)22-6-5-17-12(20)21/h1-4,17H,5-7H2,(H,20,21). The maximum atomic E-state index is 12.0. The summed E-state index contributed by atoms with van der Waals surface area (Å²) in [5, 5.41) is 10.4. The summed E-state index contributed by atoms with van der Waals surface area (Å²) in [6.45, 7) is 0.0995. The van der Waals surface area contributed by atoms with Gasteiger partial charge in [-0.3, -0.25) is 9.59 Å². The van der Waals surface area contributed by atoms with Crippen LogP contribution in [0.5, 0.6) is 5.75 Å². The van der Waals surface area contributed by atoms with Crippen LogP contribution in [0.25, 0.3) is 0 Å². The minimum Gasteiger partial charge on any atom is -0.492 e. The zero-order valence-electron chi connectivity index (χ0n) is 11.1. The molecule has 0 spiro atoms. The van der Waals surface area contributed by atoms with Crippen LogP contribution in [0.15, 0.2) is 24.3 Å². The topological polar surface area (TPSA) is 92.7 Å². The van der Waals surface area contributed by atoms with Crippen LogP contribution in [0.4, 0.5) is 18.0 Å². The second kappa shape index (κ2) is 7.43. The van der Waals surface area contributed by atoms with Crippen molar-refractivity contribution < 1.29 is 37.4 Å². The Labute approximate surface area is 122 Å². The largest absolute Gasteiger partial charge is 0.492 e. The van der Waals surface area contributed by atoms with Gasteiger partial charge in [0.25, 0.3) is 0 Å². The van der Waals surface area contributed by atoms with Gasteiger partial charge in [0, 0.05) is 5.56 Å². The number of carbonyl (C=O) groups excluding carboxylic acids is 2. The lowest BCUT2D eigenvalue weighted by Crippen LogP contribution is -2.26. The van der Waals surface area contributed by atoms with Gasteiger partial charge in [-0.15, -0.1) is 0 Å². The first-order valence-electron chi connectivity index (χ1n) is 6.03. The molecule has 1 aromatic rings. The monoisotopic (exact) mass is 319 g/mol. The first-order chi connectivity index (χ1) is 10.2. The molecule has 9 heteroatoms. The third-order valence-corrected chi connectivity index (χ3v) is 2.46. The first-order valence-corrected chi connectivity index (χ1v) is 6.03. The quantitative estimate of drug-likeness (QED) is 0.456. The molecule has 0 saturated carbocycles. The SMILES string of the molecule is O=C(O)NCCOc1ccc(C(=O)CC(=O)C(F)(F)F)cc1. The van der Waals surface area contributed by atoms with Crippen LogP contribution in [0.2, 0.25) is 0 Å². The number of Topliss-reactive ketones (excluding diaryl/α,β-unsaturated/α-hetero) is 2. The van der Waals surface area contributed by atoms with Gasteiger partial charge in [-0.25, -0.2) is 4.79 Å². The smallest absolute Gasteiger partial charge is 0.450 e. The van der Waals surface area contributed by atoms with Crippen molar-refractivity contribution in [3.05, 3.63) is 29.8 Å². The van der Waals surface area contributed by atoms with Gasteiger partial charge in [0.2, 0.25) is 5.78 Å². The fraction of sp³-hybridized carbons (Fsp3) is 0.308. The average Bonchev–Trinajstić information content (AvgIpc) is 2.43. The van der Waals surface area contributed by atoms with Crippen molar-refractivity contribution in [2.75, 3.05) is 13.2 Å². The van der Waals surface area contributed by atoms with Gasteiger partial charge in [-0.1, -0.05) is 0 Å². The minimum absolute atomic E-state index is 0.0476. The molecule has 1 rings (SSSR count). The van der Waals surface area contributed by atoms with Crippen molar-refractivity contribution in [1.82, 2.24) is 5.32 Å². The van der Waals surface area contributed by atoms with E-state index in [9.17, 15) is 27.6 Å². The minimum atomic E-state index is -5.03. The van der Waals surface area contributed by atoms with E-state index in [2.05, 4.69) is 5.32 Å². The van der Waals surface area contributed by atoms with Crippen LogP contribution in [0.1, 0.15) is 16.8 Å². The van der Waals surface area contributed by atoms with Crippen molar-refractivity contribution in [2.24, 2.45) is 0 Å². The predicted octanol–water partition coefficient (Wildman–Crippen LogP) is 2.04. The van der Waals surface area contributed by atoms with Crippen LogP contribution in [0, 0.1) is 0 Å². The van der Waals surface area contributed by atoms with Crippen LogP contribution >= 0.6 is 0 Å². The lowest BCUT2D eigenvalue weighted by atomic mass is 10.1. The van der Waals surface area contributed by atoms with Crippen LogP contribution in [-0.2, 0) is 4.79 Å². The van der Waals surface area contributed by atoms with Crippen LogP contribution in [-0.4, -0.2) is 42.1 Å². The van der Waals surface area contributed by atoms with Gasteiger partial charge in [0.15, 0.2) is 5.78 Å². The Balaban J connectivity index is 2.52. The van der Waals surface area contributed by atoms with Gasteiger partial charge in [-0.05, 0) is 24.3 Å². The van der Waals surface area contributed by atoms with Crippen LogP contribution in [0.3, 0.4) is 0 Å².